The molecule has 1 aromatic heterocycles. The fourth-order valence-electron chi connectivity index (χ4n) is 2.48. The van der Waals surface area contributed by atoms with Crippen LogP contribution < -0.4 is 4.80 Å². The van der Waals surface area contributed by atoms with Crippen LogP contribution in [0.2, 0.25) is 10.0 Å². The highest BCUT2D eigenvalue weighted by Gasteiger charge is 2.11. The Balaban J connectivity index is 2.08. The Morgan fingerprint density at radius 2 is 1.96 bits per heavy atom. The highest BCUT2D eigenvalue weighted by atomic mass is 35.5. The molecule has 1 amide bonds. The van der Waals surface area contributed by atoms with E-state index in [0.717, 1.165) is 5.52 Å². The van der Waals surface area contributed by atoms with Gasteiger partial charge in [0.1, 0.15) is 5.82 Å². The van der Waals surface area contributed by atoms with Gasteiger partial charge >= 0.3 is 0 Å². The van der Waals surface area contributed by atoms with Crippen LogP contribution in [0.5, 0.6) is 0 Å². The SMILES string of the molecule is CCOCCn1c(=NC(=O)c2cc(Cl)cc(Cl)c2)sc2cc(F)ccc21. The number of carbonyl (C=O) groups excluding carboxylic acids is 1. The Morgan fingerprint density at radius 3 is 2.65 bits per heavy atom. The Morgan fingerprint density at radius 1 is 1.23 bits per heavy atom. The number of halogens is 3. The molecule has 0 unspecified atom stereocenters. The Kier molecular flexibility index (Phi) is 6.09. The van der Waals surface area contributed by atoms with Crippen LogP contribution in [0.4, 0.5) is 4.39 Å². The first-order valence-electron chi connectivity index (χ1n) is 7.89. The van der Waals surface area contributed by atoms with Crippen LogP contribution >= 0.6 is 34.5 Å². The van der Waals surface area contributed by atoms with E-state index in [4.69, 9.17) is 27.9 Å². The number of nitrogens with zero attached hydrogens (tertiary/aromatic N) is 2. The number of fused-ring (bicyclic) bond motifs is 1. The molecular weight excluding hydrogens is 398 g/mol. The lowest BCUT2D eigenvalue weighted by Gasteiger charge is -2.05. The van der Waals surface area contributed by atoms with Crippen LogP contribution in [0, 0.1) is 5.82 Å². The van der Waals surface area contributed by atoms with Crippen LogP contribution in [0.1, 0.15) is 17.3 Å². The molecule has 3 rings (SSSR count). The maximum atomic E-state index is 13.5. The van der Waals surface area contributed by atoms with E-state index in [0.29, 0.717) is 44.9 Å². The molecule has 0 aliphatic carbocycles. The molecule has 8 heteroatoms. The predicted octanol–water partition coefficient (Wildman–Crippen LogP) is 4.93. The minimum Gasteiger partial charge on any atom is -0.380 e. The van der Waals surface area contributed by atoms with Crippen LogP contribution in [-0.4, -0.2) is 23.7 Å². The minimum atomic E-state index is -0.466. The zero-order chi connectivity index (χ0) is 18.7. The van der Waals surface area contributed by atoms with Crippen molar-refractivity contribution < 1.29 is 13.9 Å². The van der Waals surface area contributed by atoms with Crippen molar-refractivity contribution in [1.82, 2.24) is 4.57 Å². The molecule has 0 aliphatic heterocycles. The number of rotatable bonds is 5. The number of thiazole rings is 1. The van der Waals surface area contributed by atoms with Crippen molar-refractivity contribution >= 4 is 50.7 Å². The lowest BCUT2D eigenvalue weighted by Crippen LogP contribution is -2.19. The molecule has 0 N–H and O–H groups in total. The number of hydrogen-bond acceptors (Lipinski definition) is 3. The summed E-state index contributed by atoms with van der Waals surface area (Å²) in [5.41, 5.74) is 1.09. The predicted molar refractivity (Wildman–Crippen MR) is 103 cm³/mol. The highest BCUT2D eigenvalue weighted by molar-refractivity contribution is 7.16. The minimum absolute atomic E-state index is 0.294. The molecule has 2 aromatic carbocycles. The number of benzene rings is 2. The van der Waals surface area contributed by atoms with Gasteiger partial charge in [-0.1, -0.05) is 34.5 Å². The van der Waals surface area contributed by atoms with Crippen molar-refractivity contribution in [3.8, 4) is 0 Å². The van der Waals surface area contributed by atoms with Crippen LogP contribution in [0.15, 0.2) is 41.4 Å². The molecule has 0 fully saturated rings. The zero-order valence-electron chi connectivity index (χ0n) is 13.8. The first-order valence-corrected chi connectivity index (χ1v) is 9.47. The number of ether oxygens (including phenoxy) is 1. The molecule has 0 bridgehead atoms. The quantitative estimate of drug-likeness (QED) is 0.557. The van der Waals surface area contributed by atoms with Gasteiger partial charge < -0.3 is 9.30 Å². The monoisotopic (exact) mass is 412 g/mol. The summed E-state index contributed by atoms with van der Waals surface area (Å²) in [6, 6.07) is 9.05. The molecule has 4 nitrogen and oxygen atoms in total. The van der Waals surface area contributed by atoms with E-state index in [1.165, 1.54) is 35.6 Å². The number of carbonyl (C=O) groups is 1. The van der Waals surface area contributed by atoms with E-state index >= 15 is 0 Å². The van der Waals surface area contributed by atoms with Gasteiger partial charge in [0.05, 0.1) is 16.8 Å². The second kappa shape index (κ2) is 8.31. The lowest BCUT2D eigenvalue weighted by atomic mass is 10.2. The van der Waals surface area contributed by atoms with Crippen molar-refractivity contribution in [2.45, 2.75) is 13.5 Å². The van der Waals surface area contributed by atoms with Crippen molar-refractivity contribution in [2.24, 2.45) is 4.99 Å². The maximum absolute atomic E-state index is 13.5. The fourth-order valence-corrected chi connectivity index (χ4v) is 4.08. The largest absolute Gasteiger partial charge is 0.380 e. The van der Waals surface area contributed by atoms with Gasteiger partial charge in [0.25, 0.3) is 5.91 Å². The zero-order valence-corrected chi connectivity index (χ0v) is 16.2. The average Bonchev–Trinajstić information content (AvgIpc) is 2.90. The van der Waals surface area contributed by atoms with Crippen molar-refractivity contribution in [2.75, 3.05) is 13.2 Å². The third-order valence-electron chi connectivity index (χ3n) is 3.61. The second-order valence-corrected chi connectivity index (χ2v) is 7.30. The summed E-state index contributed by atoms with van der Waals surface area (Å²) in [5.74, 6) is -0.804. The summed E-state index contributed by atoms with van der Waals surface area (Å²) in [6.07, 6.45) is 0. The van der Waals surface area contributed by atoms with E-state index in [9.17, 15) is 9.18 Å². The molecular formula is C18H15Cl2FN2O2S. The summed E-state index contributed by atoms with van der Waals surface area (Å²) < 4.78 is 21.5. The molecule has 0 atom stereocenters. The third kappa shape index (κ3) is 4.32. The van der Waals surface area contributed by atoms with Crippen LogP contribution in [-0.2, 0) is 11.3 Å². The van der Waals surface area contributed by atoms with E-state index in [1.54, 1.807) is 12.1 Å². The molecule has 0 radical (unpaired) electrons. The van der Waals surface area contributed by atoms with E-state index < -0.39 is 5.91 Å². The Bertz CT molecular complexity index is 1010. The Hall–Kier alpha value is -1.73. The molecule has 0 aliphatic rings. The highest BCUT2D eigenvalue weighted by Crippen LogP contribution is 2.21. The number of amides is 1. The topological polar surface area (TPSA) is 43.6 Å². The number of aromatic nitrogens is 1. The normalized spacial score (nSPS) is 12.1. The van der Waals surface area contributed by atoms with Gasteiger partial charge in [-0.3, -0.25) is 4.79 Å². The smallest absolute Gasteiger partial charge is 0.279 e. The maximum Gasteiger partial charge on any atom is 0.279 e. The van der Waals surface area contributed by atoms with Crippen LogP contribution in [0.3, 0.4) is 0 Å². The van der Waals surface area contributed by atoms with Gasteiger partial charge in [0.15, 0.2) is 4.80 Å². The first-order chi connectivity index (χ1) is 12.5. The van der Waals surface area contributed by atoms with Gasteiger partial charge in [-0.25, -0.2) is 4.39 Å². The van der Waals surface area contributed by atoms with Crippen molar-refractivity contribution in [1.29, 1.82) is 0 Å². The molecule has 0 saturated heterocycles. The van der Waals surface area contributed by atoms with E-state index in [-0.39, 0.29) is 5.82 Å². The fraction of sp³-hybridized carbons (Fsp3) is 0.222. The summed E-state index contributed by atoms with van der Waals surface area (Å²) >= 11 is 13.2. The third-order valence-corrected chi connectivity index (χ3v) is 5.09. The molecule has 3 aromatic rings. The second-order valence-electron chi connectivity index (χ2n) is 5.42. The average molecular weight is 413 g/mol. The summed E-state index contributed by atoms with van der Waals surface area (Å²) in [4.78, 5) is 17.2. The van der Waals surface area contributed by atoms with Crippen molar-refractivity contribution in [3.63, 3.8) is 0 Å². The van der Waals surface area contributed by atoms with Gasteiger partial charge in [-0.2, -0.15) is 4.99 Å². The first kappa shape index (κ1) is 19.0. The van der Waals surface area contributed by atoms with E-state index in [1.807, 2.05) is 11.5 Å². The number of hydrogen-bond donors (Lipinski definition) is 0. The summed E-state index contributed by atoms with van der Waals surface area (Å²) in [7, 11) is 0. The van der Waals surface area contributed by atoms with Gasteiger partial charge in [-0.05, 0) is 43.3 Å². The molecule has 0 saturated carbocycles. The molecule has 0 spiro atoms. The summed E-state index contributed by atoms with van der Waals surface area (Å²) in [5, 5.41) is 0.720. The van der Waals surface area contributed by atoms with Gasteiger partial charge in [-0.15, -0.1) is 0 Å². The van der Waals surface area contributed by atoms with Crippen LogP contribution in [0.25, 0.3) is 10.2 Å². The van der Waals surface area contributed by atoms with Crippen molar-refractivity contribution in [3.05, 3.63) is 62.6 Å². The molecule has 136 valence electrons. The Labute approximate surface area is 163 Å². The lowest BCUT2D eigenvalue weighted by molar-refractivity contribution is 0.0996. The molecule has 26 heavy (non-hydrogen) atoms. The standard InChI is InChI=1S/C18H15Cl2FN2O2S/c1-2-25-6-5-23-15-4-3-14(21)10-16(15)26-18(23)22-17(24)11-7-12(19)9-13(20)8-11/h3-4,7-10H,2,5-6H2,1H3. The molecule has 1 heterocycles. The van der Waals surface area contributed by atoms with Gasteiger partial charge in [0.2, 0.25) is 0 Å². The summed E-state index contributed by atoms with van der Waals surface area (Å²) in [6.45, 7) is 3.46. The van der Waals surface area contributed by atoms with E-state index in [2.05, 4.69) is 4.99 Å². The van der Waals surface area contributed by atoms with Gasteiger partial charge in [0, 0.05) is 28.8 Å².